The highest BCUT2D eigenvalue weighted by Crippen LogP contribution is 2.13. The van der Waals surface area contributed by atoms with Gasteiger partial charge in [-0.3, -0.25) is 4.68 Å². The summed E-state index contributed by atoms with van der Waals surface area (Å²) in [5.41, 5.74) is 6.23. The zero-order chi connectivity index (χ0) is 11.4. The fourth-order valence-corrected chi connectivity index (χ4v) is 1.65. The Morgan fingerprint density at radius 2 is 2.06 bits per heavy atom. The summed E-state index contributed by atoms with van der Waals surface area (Å²) in [6, 6.07) is 7.95. The van der Waals surface area contributed by atoms with Crippen LogP contribution in [0, 0.1) is 3.57 Å². The maximum atomic E-state index is 5.57. The minimum absolute atomic E-state index is 0.585. The summed E-state index contributed by atoms with van der Waals surface area (Å²) in [6.45, 7) is 1.28. The van der Waals surface area contributed by atoms with E-state index in [4.69, 9.17) is 10.5 Å². The Kier molecular flexibility index (Phi) is 3.66. The lowest BCUT2D eigenvalue weighted by atomic mass is 10.3. The van der Waals surface area contributed by atoms with E-state index in [1.165, 1.54) is 3.57 Å². The van der Waals surface area contributed by atoms with E-state index in [1.54, 1.807) is 17.1 Å². The molecule has 1 aromatic heterocycles. The molecular weight excluding hydrogens is 317 g/mol. The van der Waals surface area contributed by atoms with Gasteiger partial charge >= 0.3 is 0 Å². The Hall–Kier alpha value is -1.24. The maximum absolute atomic E-state index is 5.57. The number of rotatable bonds is 4. The van der Waals surface area contributed by atoms with E-state index in [9.17, 15) is 0 Å². The third-order valence-corrected chi connectivity index (χ3v) is 2.78. The number of nitrogens with two attached hydrogens (primary N) is 1. The van der Waals surface area contributed by atoms with E-state index in [0.717, 1.165) is 5.75 Å². The van der Waals surface area contributed by atoms with Crippen molar-refractivity contribution >= 4 is 28.3 Å². The average molecular weight is 329 g/mol. The third-order valence-electron chi connectivity index (χ3n) is 2.06. The lowest BCUT2D eigenvalue weighted by molar-refractivity contribution is 0.291. The van der Waals surface area contributed by atoms with Crippen molar-refractivity contribution < 1.29 is 4.74 Å². The maximum Gasteiger partial charge on any atom is 0.119 e. The molecule has 0 aliphatic heterocycles. The van der Waals surface area contributed by atoms with Gasteiger partial charge in [0.25, 0.3) is 0 Å². The molecule has 0 fully saturated rings. The number of nitrogen functional groups attached to an aromatic ring is 1. The first-order chi connectivity index (χ1) is 7.74. The minimum Gasteiger partial charge on any atom is -0.492 e. The van der Waals surface area contributed by atoms with Gasteiger partial charge in [0.2, 0.25) is 0 Å². The van der Waals surface area contributed by atoms with Crippen LogP contribution in [0.3, 0.4) is 0 Å². The Labute approximate surface area is 108 Å². The number of nitrogens with zero attached hydrogens (tertiary/aromatic N) is 2. The van der Waals surface area contributed by atoms with Crippen LogP contribution in [-0.4, -0.2) is 16.4 Å². The summed E-state index contributed by atoms with van der Waals surface area (Å²) in [5.74, 6) is 0.876. The van der Waals surface area contributed by atoms with Crippen molar-refractivity contribution in [2.75, 3.05) is 12.3 Å². The molecule has 0 radical (unpaired) electrons. The van der Waals surface area contributed by atoms with Crippen molar-refractivity contribution in [3.05, 3.63) is 40.2 Å². The Balaban J connectivity index is 1.82. The Morgan fingerprint density at radius 1 is 1.31 bits per heavy atom. The molecule has 5 heteroatoms. The zero-order valence-corrected chi connectivity index (χ0v) is 10.8. The molecule has 2 rings (SSSR count). The predicted octanol–water partition coefficient (Wildman–Crippen LogP) is 2.15. The van der Waals surface area contributed by atoms with Gasteiger partial charge in [0.15, 0.2) is 0 Å². The largest absolute Gasteiger partial charge is 0.492 e. The first kappa shape index (κ1) is 11.3. The lowest BCUT2D eigenvalue weighted by Gasteiger charge is -2.05. The van der Waals surface area contributed by atoms with Gasteiger partial charge in [-0.15, -0.1) is 0 Å². The monoisotopic (exact) mass is 329 g/mol. The van der Waals surface area contributed by atoms with E-state index in [1.807, 2.05) is 24.3 Å². The molecule has 0 saturated heterocycles. The molecule has 16 heavy (non-hydrogen) atoms. The van der Waals surface area contributed by atoms with Gasteiger partial charge in [-0.25, -0.2) is 0 Å². The number of ether oxygens (including phenoxy) is 1. The second-order valence-corrected chi connectivity index (χ2v) is 4.58. The van der Waals surface area contributed by atoms with Gasteiger partial charge in [-0.1, -0.05) is 0 Å². The van der Waals surface area contributed by atoms with Crippen molar-refractivity contribution in [3.63, 3.8) is 0 Å². The molecule has 0 spiro atoms. The third kappa shape index (κ3) is 3.13. The SMILES string of the molecule is Nc1cnn(CCOc2ccc(I)cc2)c1. The summed E-state index contributed by atoms with van der Waals surface area (Å²) in [5, 5.41) is 4.07. The summed E-state index contributed by atoms with van der Waals surface area (Å²) in [4.78, 5) is 0. The lowest BCUT2D eigenvalue weighted by Crippen LogP contribution is -2.08. The molecule has 4 nitrogen and oxygen atoms in total. The number of halogens is 1. The summed E-state index contributed by atoms with van der Waals surface area (Å²) in [7, 11) is 0. The van der Waals surface area contributed by atoms with Crippen molar-refractivity contribution in [1.29, 1.82) is 0 Å². The summed E-state index contributed by atoms with van der Waals surface area (Å²) >= 11 is 2.26. The topological polar surface area (TPSA) is 53.1 Å². The van der Waals surface area contributed by atoms with Gasteiger partial charge < -0.3 is 10.5 Å². The molecule has 2 N–H and O–H groups in total. The van der Waals surface area contributed by atoms with Crippen LogP contribution in [0.1, 0.15) is 0 Å². The van der Waals surface area contributed by atoms with Crippen LogP contribution in [0.4, 0.5) is 5.69 Å². The van der Waals surface area contributed by atoms with Gasteiger partial charge in [-0.2, -0.15) is 5.10 Å². The highest BCUT2D eigenvalue weighted by Gasteiger charge is 1.96. The number of aromatic nitrogens is 2. The summed E-state index contributed by atoms with van der Waals surface area (Å²) in [6.07, 6.45) is 3.42. The van der Waals surface area contributed by atoms with Crippen LogP contribution < -0.4 is 10.5 Å². The normalized spacial score (nSPS) is 10.3. The predicted molar refractivity (Wildman–Crippen MR) is 71.3 cm³/mol. The standard InChI is InChI=1S/C11H12IN3O/c12-9-1-3-11(4-2-9)16-6-5-15-8-10(13)7-14-15/h1-4,7-8H,5-6,13H2. The fourth-order valence-electron chi connectivity index (χ4n) is 1.29. The van der Waals surface area contributed by atoms with Crippen LogP contribution >= 0.6 is 22.6 Å². The van der Waals surface area contributed by atoms with E-state index >= 15 is 0 Å². The molecule has 2 aromatic rings. The Bertz CT molecular complexity index is 453. The van der Waals surface area contributed by atoms with Gasteiger partial charge in [0, 0.05) is 9.77 Å². The summed E-state index contributed by atoms with van der Waals surface area (Å²) < 4.78 is 8.53. The van der Waals surface area contributed by atoms with Gasteiger partial charge in [-0.05, 0) is 46.9 Å². The number of anilines is 1. The number of hydrogen-bond acceptors (Lipinski definition) is 3. The van der Waals surface area contributed by atoms with Crippen LogP contribution in [0.5, 0.6) is 5.75 Å². The molecule has 0 amide bonds. The first-order valence-corrected chi connectivity index (χ1v) is 5.98. The van der Waals surface area contributed by atoms with Crippen molar-refractivity contribution in [1.82, 2.24) is 9.78 Å². The average Bonchev–Trinajstić information content (AvgIpc) is 2.67. The zero-order valence-electron chi connectivity index (χ0n) is 8.64. The molecule has 0 atom stereocenters. The second-order valence-electron chi connectivity index (χ2n) is 3.34. The molecule has 0 unspecified atom stereocenters. The van der Waals surface area contributed by atoms with Crippen LogP contribution in [0.25, 0.3) is 0 Å². The molecule has 1 aromatic carbocycles. The molecule has 0 bridgehead atoms. The number of benzene rings is 1. The first-order valence-electron chi connectivity index (χ1n) is 4.90. The molecule has 0 aliphatic carbocycles. The molecular formula is C11H12IN3O. The van der Waals surface area contributed by atoms with Crippen molar-refractivity contribution in [3.8, 4) is 5.75 Å². The van der Waals surface area contributed by atoms with E-state index < -0.39 is 0 Å². The second kappa shape index (κ2) is 5.20. The smallest absolute Gasteiger partial charge is 0.119 e. The molecule has 1 heterocycles. The highest BCUT2D eigenvalue weighted by molar-refractivity contribution is 14.1. The van der Waals surface area contributed by atoms with Crippen LogP contribution in [0.15, 0.2) is 36.7 Å². The van der Waals surface area contributed by atoms with Crippen LogP contribution in [0.2, 0.25) is 0 Å². The van der Waals surface area contributed by atoms with Gasteiger partial charge in [0.05, 0.1) is 18.4 Å². The van der Waals surface area contributed by atoms with Gasteiger partial charge in [0.1, 0.15) is 12.4 Å². The fraction of sp³-hybridized carbons (Fsp3) is 0.182. The Morgan fingerprint density at radius 3 is 2.69 bits per heavy atom. The number of hydrogen-bond donors (Lipinski definition) is 1. The van der Waals surface area contributed by atoms with Crippen molar-refractivity contribution in [2.45, 2.75) is 6.54 Å². The highest BCUT2D eigenvalue weighted by atomic mass is 127. The van der Waals surface area contributed by atoms with Crippen molar-refractivity contribution in [2.24, 2.45) is 0 Å². The van der Waals surface area contributed by atoms with Crippen LogP contribution in [-0.2, 0) is 6.54 Å². The van der Waals surface area contributed by atoms with E-state index in [2.05, 4.69) is 27.7 Å². The molecule has 0 saturated carbocycles. The quantitative estimate of drug-likeness (QED) is 0.875. The molecule has 84 valence electrons. The molecule has 0 aliphatic rings. The van der Waals surface area contributed by atoms with E-state index in [0.29, 0.717) is 18.8 Å². The van der Waals surface area contributed by atoms with E-state index in [-0.39, 0.29) is 0 Å². The minimum atomic E-state index is 0.585.